The quantitative estimate of drug-likeness (QED) is 0.831. The number of hydrogen-bond acceptors (Lipinski definition) is 2. The number of rotatable bonds is 6. The number of carbonyl (C=O) groups is 1. The summed E-state index contributed by atoms with van der Waals surface area (Å²) in [6.07, 6.45) is 5.56. The third-order valence-corrected chi connectivity index (χ3v) is 5.97. The van der Waals surface area contributed by atoms with E-state index in [0.29, 0.717) is 12.6 Å². The Bertz CT molecular complexity index is 545. The van der Waals surface area contributed by atoms with Crippen molar-refractivity contribution in [3.63, 3.8) is 0 Å². The fourth-order valence-electron chi connectivity index (χ4n) is 4.44. The van der Waals surface area contributed by atoms with Crippen LogP contribution in [0, 0.1) is 17.8 Å². The number of fused-ring (bicyclic) bond motifs is 2. The number of nitrogens with one attached hydrogen (secondary N) is 2. The molecule has 0 aliphatic heterocycles. The van der Waals surface area contributed by atoms with Crippen molar-refractivity contribution in [2.24, 2.45) is 17.8 Å². The van der Waals surface area contributed by atoms with Crippen molar-refractivity contribution >= 4 is 17.5 Å². The molecule has 2 fully saturated rings. The van der Waals surface area contributed by atoms with Crippen LogP contribution < -0.4 is 10.6 Å². The van der Waals surface area contributed by atoms with Gasteiger partial charge < -0.3 is 10.6 Å². The molecule has 1 aromatic carbocycles. The summed E-state index contributed by atoms with van der Waals surface area (Å²) in [5.41, 5.74) is 1.07. The Hall–Kier alpha value is -1.06. The highest BCUT2D eigenvalue weighted by Crippen LogP contribution is 2.49. The minimum atomic E-state index is -0.156. The van der Waals surface area contributed by atoms with Crippen molar-refractivity contribution in [2.75, 3.05) is 0 Å². The summed E-state index contributed by atoms with van der Waals surface area (Å²) < 4.78 is 0. The third-order valence-electron chi connectivity index (χ3n) is 5.72. The highest BCUT2D eigenvalue weighted by molar-refractivity contribution is 6.30. The van der Waals surface area contributed by atoms with Crippen LogP contribution >= 0.6 is 11.6 Å². The molecule has 2 bridgehead atoms. The van der Waals surface area contributed by atoms with Gasteiger partial charge in [-0.15, -0.1) is 0 Å². The molecule has 0 heterocycles. The van der Waals surface area contributed by atoms with Crippen LogP contribution in [0.5, 0.6) is 0 Å². The van der Waals surface area contributed by atoms with Gasteiger partial charge in [0.05, 0.1) is 6.04 Å². The van der Waals surface area contributed by atoms with E-state index in [-0.39, 0.29) is 11.9 Å². The first-order valence-corrected chi connectivity index (χ1v) is 9.19. The van der Waals surface area contributed by atoms with Crippen molar-refractivity contribution in [3.05, 3.63) is 34.9 Å². The van der Waals surface area contributed by atoms with Crippen LogP contribution in [0.3, 0.4) is 0 Å². The molecule has 3 rings (SSSR count). The van der Waals surface area contributed by atoms with E-state index in [4.69, 9.17) is 11.6 Å². The van der Waals surface area contributed by atoms with E-state index in [0.717, 1.165) is 28.3 Å². The maximum absolute atomic E-state index is 12.3. The number of hydrogen-bond donors (Lipinski definition) is 2. The summed E-state index contributed by atoms with van der Waals surface area (Å²) in [7, 11) is 0. The molecule has 2 N–H and O–H groups in total. The van der Waals surface area contributed by atoms with Crippen LogP contribution in [0.2, 0.25) is 5.02 Å². The molecule has 23 heavy (non-hydrogen) atoms. The second kappa shape index (κ2) is 7.23. The van der Waals surface area contributed by atoms with Crippen molar-refractivity contribution in [2.45, 2.75) is 58.2 Å². The first-order valence-electron chi connectivity index (χ1n) is 8.81. The smallest absolute Gasteiger partial charge is 0.237 e. The van der Waals surface area contributed by atoms with Gasteiger partial charge in [-0.05, 0) is 68.6 Å². The number of halogens is 1. The molecule has 5 unspecified atom stereocenters. The fraction of sp³-hybridized carbons (Fsp3) is 0.632. The predicted molar refractivity (Wildman–Crippen MR) is 94.3 cm³/mol. The Morgan fingerprint density at radius 3 is 2.57 bits per heavy atom. The molecule has 2 aliphatic carbocycles. The molecule has 0 aromatic heterocycles. The van der Waals surface area contributed by atoms with Crippen LogP contribution in [-0.2, 0) is 11.3 Å². The molecule has 0 spiro atoms. The van der Waals surface area contributed by atoms with Gasteiger partial charge in [0.1, 0.15) is 0 Å². The molecule has 2 saturated carbocycles. The minimum absolute atomic E-state index is 0.0648. The predicted octanol–water partition coefficient (Wildman–Crippen LogP) is 3.76. The normalized spacial score (nSPS) is 28.6. The summed E-state index contributed by atoms with van der Waals surface area (Å²) in [5.74, 6) is 2.64. The standard InChI is InChI=1S/C19H27ClN2O/c1-12(18-10-15-3-6-16(18)9-15)22-13(2)19(23)21-11-14-4-7-17(20)8-5-14/h4-5,7-8,12-13,15-16,18,22H,3,6,9-11H2,1-2H3,(H,21,23). The molecular formula is C19H27ClN2O. The Morgan fingerprint density at radius 2 is 1.96 bits per heavy atom. The first kappa shape index (κ1) is 16.8. The van der Waals surface area contributed by atoms with Gasteiger partial charge in [0.2, 0.25) is 5.91 Å². The maximum Gasteiger partial charge on any atom is 0.237 e. The molecule has 5 atom stereocenters. The lowest BCUT2D eigenvalue weighted by atomic mass is 9.84. The lowest BCUT2D eigenvalue weighted by molar-refractivity contribution is -0.123. The first-order chi connectivity index (χ1) is 11.0. The molecule has 1 amide bonds. The summed E-state index contributed by atoms with van der Waals surface area (Å²) >= 11 is 5.87. The monoisotopic (exact) mass is 334 g/mol. The van der Waals surface area contributed by atoms with E-state index in [2.05, 4.69) is 17.6 Å². The topological polar surface area (TPSA) is 41.1 Å². The summed E-state index contributed by atoms with van der Waals surface area (Å²) in [5, 5.41) is 7.24. The third kappa shape index (κ3) is 4.07. The Balaban J connectivity index is 1.44. The van der Waals surface area contributed by atoms with Crippen LogP contribution in [0.4, 0.5) is 0 Å². The van der Waals surface area contributed by atoms with Gasteiger partial charge in [-0.2, -0.15) is 0 Å². The van der Waals surface area contributed by atoms with Crippen LogP contribution in [0.25, 0.3) is 0 Å². The van der Waals surface area contributed by atoms with Gasteiger partial charge >= 0.3 is 0 Å². The average molecular weight is 335 g/mol. The SMILES string of the molecule is CC(NC(C)C1CC2CCC1C2)C(=O)NCc1ccc(Cl)cc1. The van der Waals surface area contributed by atoms with Crippen molar-refractivity contribution in [1.82, 2.24) is 10.6 Å². The van der Waals surface area contributed by atoms with E-state index < -0.39 is 0 Å². The lowest BCUT2D eigenvalue weighted by Gasteiger charge is -2.30. The van der Waals surface area contributed by atoms with Crippen LogP contribution in [0.15, 0.2) is 24.3 Å². The molecule has 4 heteroatoms. The second-order valence-corrected chi connectivity index (χ2v) is 7.80. The Kier molecular flexibility index (Phi) is 5.27. The zero-order valence-corrected chi connectivity index (χ0v) is 14.8. The van der Waals surface area contributed by atoms with Crippen molar-refractivity contribution in [3.8, 4) is 0 Å². The van der Waals surface area contributed by atoms with Crippen molar-refractivity contribution < 1.29 is 4.79 Å². The molecule has 1 aromatic rings. The van der Waals surface area contributed by atoms with E-state index >= 15 is 0 Å². The highest BCUT2D eigenvalue weighted by Gasteiger charge is 2.42. The molecule has 3 nitrogen and oxygen atoms in total. The summed E-state index contributed by atoms with van der Waals surface area (Å²) in [6, 6.07) is 7.85. The second-order valence-electron chi connectivity index (χ2n) is 7.36. The highest BCUT2D eigenvalue weighted by atomic mass is 35.5. The molecule has 126 valence electrons. The number of benzene rings is 1. The fourth-order valence-corrected chi connectivity index (χ4v) is 4.57. The maximum atomic E-state index is 12.3. The van der Waals surface area contributed by atoms with Gasteiger partial charge in [0, 0.05) is 17.6 Å². The summed E-state index contributed by atoms with van der Waals surface area (Å²) in [4.78, 5) is 12.3. The van der Waals surface area contributed by atoms with Gasteiger partial charge in [0.25, 0.3) is 0 Å². The number of carbonyl (C=O) groups excluding carboxylic acids is 1. The van der Waals surface area contributed by atoms with E-state index in [1.54, 1.807) is 0 Å². The molecule has 2 aliphatic rings. The number of amides is 1. The molecule has 0 saturated heterocycles. The minimum Gasteiger partial charge on any atom is -0.351 e. The van der Waals surface area contributed by atoms with E-state index in [1.807, 2.05) is 31.2 Å². The van der Waals surface area contributed by atoms with Gasteiger partial charge in [-0.25, -0.2) is 0 Å². The van der Waals surface area contributed by atoms with E-state index in [9.17, 15) is 4.79 Å². The lowest BCUT2D eigenvalue weighted by Crippen LogP contribution is -2.48. The zero-order valence-electron chi connectivity index (χ0n) is 14.0. The van der Waals surface area contributed by atoms with Gasteiger partial charge in [0.15, 0.2) is 0 Å². The van der Waals surface area contributed by atoms with Crippen LogP contribution in [-0.4, -0.2) is 18.0 Å². The summed E-state index contributed by atoms with van der Waals surface area (Å²) in [6.45, 7) is 4.75. The van der Waals surface area contributed by atoms with Gasteiger partial charge in [-0.1, -0.05) is 30.2 Å². The molecule has 0 radical (unpaired) electrons. The average Bonchev–Trinajstić information content (AvgIpc) is 3.17. The Labute approximate surface area is 144 Å². The molecular weight excluding hydrogens is 308 g/mol. The van der Waals surface area contributed by atoms with Crippen LogP contribution in [0.1, 0.15) is 45.1 Å². The zero-order chi connectivity index (χ0) is 16.4. The Morgan fingerprint density at radius 1 is 1.22 bits per heavy atom. The van der Waals surface area contributed by atoms with Crippen molar-refractivity contribution in [1.29, 1.82) is 0 Å². The van der Waals surface area contributed by atoms with Gasteiger partial charge in [-0.3, -0.25) is 4.79 Å². The van der Waals surface area contributed by atoms with E-state index in [1.165, 1.54) is 25.7 Å². The largest absolute Gasteiger partial charge is 0.351 e.